The number of ether oxygens (including phenoxy) is 4. The van der Waals surface area contributed by atoms with Crippen LogP contribution in [-0.2, 0) is 28.6 Å². The zero-order valence-electron chi connectivity index (χ0n) is 21.2. The van der Waals surface area contributed by atoms with Gasteiger partial charge >= 0.3 is 23.6 Å². The summed E-state index contributed by atoms with van der Waals surface area (Å²) >= 11 is 0. The fourth-order valence-electron chi connectivity index (χ4n) is 4.84. The van der Waals surface area contributed by atoms with Crippen LogP contribution in [0.25, 0.3) is 0 Å². The smallest absolute Gasteiger partial charge is 0.344 e. The van der Waals surface area contributed by atoms with Gasteiger partial charge in [-0.3, -0.25) is 25.0 Å². The van der Waals surface area contributed by atoms with Crippen LogP contribution in [0.1, 0.15) is 40.0 Å². The van der Waals surface area contributed by atoms with E-state index in [0.717, 1.165) is 29.3 Å². The summed E-state index contributed by atoms with van der Waals surface area (Å²) in [6.07, 6.45) is 0.174. The first-order chi connectivity index (χ1) is 17.9. The predicted molar refractivity (Wildman–Crippen MR) is 130 cm³/mol. The van der Waals surface area contributed by atoms with Gasteiger partial charge in [-0.1, -0.05) is 19.1 Å². The van der Waals surface area contributed by atoms with Crippen LogP contribution in [0.4, 0.5) is 11.4 Å². The highest BCUT2D eigenvalue weighted by Gasteiger charge is 2.50. The molecule has 0 N–H and O–H groups in total. The van der Waals surface area contributed by atoms with Crippen LogP contribution in [0.2, 0.25) is 0 Å². The molecule has 1 saturated heterocycles. The highest BCUT2D eigenvalue weighted by Crippen LogP contribution is 2.45. The lowest BCUT2D eigenvalue weighted by atomic mass is 9.73. The Morgan fingerprint density at radius 1 is 1.24 bits per heavy atom. The van der Waals surface area contributed by atoms with E-state index >= 15 is 0 Å². The molecular formula is C25H28N2O11. The summed E-state index contributed by atoms with van der Waals surface area (Å²) in [4.78, 5) is 56.8. The molecule has 38 heavy (non-hydrogen) atoms. The number of carbonyl (C=O) groups is 3. The summed E-state index contributed by atoms with van der Waals surface area (Å²) in [5.74, 6) is -2.89. The second-order valence-corrected chi connectivity index (χ2v) is 9.18. The molecule has 3 rings (SSSR count). The third kappa shape index (κ3) is 6.33. The summed E-state index contributed by atoms with van der Waals surface area (Å²) in [5, 5.41) is 22.3. The first-order valence-corrected chi connectivity index (χ1v) is 11.9. The summed E-state index contributed by atoms with van der Waals surface area (Å²) in [6, 6.07) is 2.79. The lowest BCUT2D eigenvalue weighted by Gasteiger charge is -2.37. The van der Waals surface area contributed by atoms with E-state index in [4.69, 9.17) is 18.9 Å². The van der Waals surface area contributed by atoms with Gasteiger partial charge in [-0.05, 0) is 37.3 Å². The molecule has 0 spiro atoms. The molecule has 4 atom stereocenters. The number of esters is 3. The van der Waals surface area contributed by atoms with E-state index in [0.29, 0.717) is 19.3 Å². The summed E-state index contributed by atoms with van der Waals surface area (Å²) in [6.45, 7) is 8.46. The SMILES string of the molecule is C=C1C(=O)O[C@@H]2CC(C)=C([C@@H](C)CCCOC(C)=O)[C@@H](OC(=O)COc3ccc([N+](=O)[O-])cc3[N+](=O)[O-])[C@H]12. The van der Waals surface area contributed by atoms with E-state index in [1.54, 1.807) is 0 Å². The number of non-ortho nitro benzene ring substituents is 1. The Labute approximate surface area is 217 Å². The van der Waals surface area contributed by atoms with Crippen molar-refractivity contribution in [1.29, 1.82) is 0 Å². The number of fused-ring (bicyclic) bond motifs is 1. The number of hydrogen-bond acceptors (Lipinski definition) is 11. The van der Waals surface area contributed by atoms with E-state index in [1.165, 1.54) is 6.92 Å². The molecule has 0 amide bonds. The van der Waals surface area contributed by atoms with Gasteiger partial charge in [0, 0.05) is 25.0 Å². The molecule has 13 heteroatoms. The Balaban J connectivity index is 1.78. The number of benzene rings is 1. The maximum absolute atomic E-state index is 12.9. The Morgan fingerprint density at radius 2 is 1.95 bits per heavy atom. The summed E-state index contributed by atoms with van der Waals surface area (Å²) in [7, 11) is 0. The standard InChI is InChI=1S/C25H28N2O11/c1-13(6-5-9-35-16(4)28)22-14(2)10-20-23(15(3)25(30)37-20)24(22)38-21(29)12-36-19-8-7-17(26(31)32)11-18(19)27(33)34/h7-8,11,13,20,23-24H,3,5-6,9-10,12H2,1-2,4H3/t13-,20+,23+,24+/m0/s1. The molecule has 13 nitrogen and oxygen atoms in total. The maximum Gasteiger partial charge on any atom is 0.344 e. The lowest BCUT2D eigenvalue weighted by molar-refractivity contribution is -0.394. The van der Waals surface area contributed by atoms with Crippen molar-refractivity contribution < 1.29 is 43.2 Å². The molecule has 0 bridgehead atoms. The van der Waals surface area contributed by atoms with Gasteiger partial charge in [0.1, 0.15) is 12.2 Å². The molecule has 1 aliphatic heterocycles. The van der Waals surface area contributed by atoms with Crippen molar-refractivity contribution in [3.8, 4) is 5.75 Å². The first-order valence-electron chi connectivity index (χ1n) is 11.9. The fraction of sp³-hybridized carbons (Fsp3) is 0.480. The van der Waals surface area contributed by atoms with E-state index < -0.39 is 57.9 Å². The molecular weight excluding hydrogens is 504 g/mol. The predicted octanol–water partition coefficient (Wildman–Crippen LogP) is 3.59. The topological polar surface area (TPSA) is 174 Å². The lowest BCUT2D eigenvalue weighted by Crippen LogP contribution is -2.41. The van der Waals surface area contributed by atoms with Gasteiger partial charge in [0.05, 0.1) is 28.4 Å². The van der Waals surface area contributed by atoms with Crippen molar-refractivity contribution in [3.63, 3.8) is 0 Å². The maximum atomic E-state index is 12.9. The van der Waals surface area contributed by atoms with E-state index in [1.807, 2.05) is 13.8 Å². The van der Waals surface area contributed by atoms with Crippen LogP contribution in [0, 0.1) is 32.1 Å². The van der Waals surface area contributed by atoms with Crippen molar-refractivity contribution in [1.82, 2.24) is 0 Å². The molecule has 204 valence electrons. The zero-order chi connectivity index (χ0) is 28.1. The Morgan fingerprint density at radius 3 is 2.58 bits per heavy atom. The number of carbonyl (C=O) groups excluding carboxylic acids is 3. The molecule has 1 aliphatic carbocycles. The molecule has 0 saturated carbocycles. The highest BCUT2D eigenvalue weighted by molar-refractivity contribution is 5.91. The average Bonchev–Trinajstić information content (AvgIpc) is 3.12. The second kappa shape index (κ2) is 11.8. The minimum atomic E-state index is -0.889. The van der Waals surface area contributed by atoms with Gasteiger partial charge in [0.2, 0.25) is 0 Å². The second-order valence-electron chi connectivity index (χ2n) is 9.18. The van der Waals surface area contributed by atoms with Gasteiger partial charge in [0.25, 0.3) is 5.69 Å². The monoisotopic (exact) mass is 532 g/mol. The number of nitrogens with zero attached hydrogens (tertiary/aromatic N) is 2. The average molecular weight is 533 g/mol. The summed E-state index contributed by atoms with van der Waals surface area (Å²) in [5.41, 5.74) is 0.682. The van der Waals surface area contributed by atoms with Crippen molar-refractivity contribution in [2.24, 2.45) is 11.8 Å². The molecule has 1 heterocycles. The number of hydrogen-bond donors (Lipinski definition) is 0. The molecule has 1 aromatic carbocycles. The van der Waals surface area contributed by atoms with Crippen LogP contribution in [0.15, 0.2) is 41.5 Å². The molecule has 0 aromatic heterocycles. The van der Waals surface area contributed by atoms with Gasteiger partial charge in [-0.15, -0.1) is 0 Å². The third-order valence-electron chi connectivity index (χ3n) is 6.53. The molecule has 1 fully saturated rings. The quantitative estimate of drug-likeness (QED) is 0.0774. The van der Waals surface area contributed by atoms with Crippen molar-refractivity contribution in [3.05, 3.63) is 61.7 Å². The summed E-state index contributed by atoms with van der Waals surface area (Å²) < 4.78 is 21.5. The van der Waals surface area contributed by atoms with Gasteiger partial charge in [0.15, 0.2) is 12.4 Å². The Bertz CT molecular complexity index is 1210. The normalized spacial score (nSPS) is 21.3. The van der Waals surface area contributed by atoms with E-state index in [-0.39, 0.29) is 29.8 Å². The number of nitro groups is 2. The molecule has 1 aromatic rings. The Kier molecular flexibility index (Phi) is 8.81. The number of rotatable bonds is 11. The molecule has 0 radical (unpaired) electrons. The highest BCUT2D eigenvalue weighted by atomic mass is 16.6. The minimum absolute atomic E-state index is 0.107. The van der Waals surface area contributed by atoms with Crippen LogP contribution in [0.3, 0.4) is 0 Å². The van der Waals surface area contributed by atoms with Crippen molar-refractivity contribution in [2.75, 3.05) is 13.2 Å². The van der Waals surface area contributed by atoms with Gasteiger partial charge in [-0.2, -0.15) is 0 Å². The third-order valence-corrected chi connectivity index (χ3v) is 6.53. The van der Waals surface area contributed by atoms with Crippen molar-refractivity contribution >= 4 is 29.3 Å². The largest absolute Gasteiger partial charge is 0.475 e. The Hall–Kier alpha value is -4.29. The zero-order valence-corrected chi connectivity index (χ0v) is 21.2. The van der Waals surface area contributed by atoms with Gasteiger partial charge < -0.3 is 18.9 Å². The fourth-order valence-corrected chi connectivity index (χ4v) is 4.84. The van der Waals surface area contributed by atoms with Crippen LogP contribution in [-0.4, -0.2) is 53.2 Å². The van der Waals surface area contributed by atoms with Crippen LogP contribution < -0.4 is 4.74 Å². The van der Waals surface area contributed by atoms with Crippen LogP contribution >= 0.6 is 0 Å². The van der Waals surface area contributed by atoms with E-state index in [9.17, 15) is 34.6 Å². The first kappa shape index (κ1) is 28.3. The molecule has 2 aliphatic rings. The molecule has 0 unspecified atom stereocenters. The number of nitro benzene ring substituents is 2. The van der Waals surface area contributed by atoms with Crippen molar-refractivity contribution in [2.45, 2.75) is 52.2 Å². The minimum Gasteiger partial charge on any atom is -0.475 e. The van der Waals surface area contributed by atoms with Crippen LogP contribution in [0.5, 0.6) is 5.75 Å². The van der Waals surface area contributed by atoms with Gasteiger partial charge in [-0.25, -0.2) is 9.59 Å². The van der Waals surface area contributed by atoms with E-state index in [2.05, 4.69) is 6.58 Å².